The quantitative estimate of drug-likeness (QED) is 0.110. The maximum absolute atomic E-state index is 11.8. The SMILES string of the molecule is COc1ccc(C)cc1.COc1ccc(C)cc1.Cc1ccc(CNC(=O)NCc2ccc(C)cc2)cc1.Cc1ccc(COC(=O)OCc2ccc(C)cc2)cc1.Cc1ccc(COC(=O)c2ccc(C)cc2)cc1. The standard InChI is InChI=1S/C17H20N2O.C17H18O3.C16H16O2.2C8H10O/c1-13-3-7-15(8-4-13)11-18-17(20)19-12-16-9-5-14(2)6-10-16;1-13-3-7-15(8-4-13)11-19-17(18)20-12-16-9-5-14(2)6-10-16;1-12-3-7-14(8-4-12)11-18-16(17)15-9-5-13(2)6-10-15;2*1-7-3-5-8(9-2)6-4-7/h3-10H,11-12H2,1-2H3,(H2,18,19,20);3-10H,11-12H2,1-2H3;3-10H,11H2,1-2H3;2*3-6H,1-2H3. The summed E-state index contributed by atoms with van der Waals surface area (Å²) in [5.74, 6) is 1.55. The maximum Gasteiger partial charge on any atom is 0.508 e. The van der Waals surface area contributed by atoms with E-state index in [9.17, 15) is 14.4 Å². The minimum atomic E-state index is -0.647. The monoisotopic (exact) mass is 1020 g/mol. The van der Waals surface area contributed by atoms with E-state index in [-0.39, 0.29) is 25.2 Å². The number of carbonyl (C=O) groups is 3. The first-order valence-corrected chi connectivity index (χ1v) is 25.1. The topological polar surface area (TPSA) is 121 Å². The number of amides is 2. The van der Waals surface area contributed by atoms with E-state index in [1.807, 2.05) is 224 Å². The smallest absolute Gasteiger partial charge is 0.497 e. The highest BCUT2D eigenvalue weighted by Crippen LogP contribution is 2.13. The maximum atomic E-state index is 11.8. The van der Waals surface area contributed by atoms with E-state index in [2.05, 4.69) is 24.5 Å². The average molecular weight is 1020 g/mol. The molecule has 0 bridgehead atoms. The number of nitrogens with one attached hydrogen (secondary N) is 2. The molecule has 0 heterocycles. The lowest BCUT2D eigenvalue weighted by atomic mass is 10.1. The molecule has 10 nitrogen and oxygen atoms in total. The van der Waals surface area contributed by atoms with E-state index in [1.165, 1.54) is 38.9 Å². The number of benzene rings is 8. The highest BCUT2D eigenvalue weighted by molar-refractivity contribution is 5.89. The normalized spacial score (nSPS) is 9.87. The van der Waals surface area contributed by atoms with E-state index in [0.717, 1.165) is 44.9 Å². The average Bonchev–Trinajstić information content (AvgIpc) is 3.43. The highest BCUT2D eigenvalue weighted by atomic mass is 16.7. The summed E-state index contributed by atoms with van der Waals surface area (Å²) >= 11 is 0. The third-order valence-electron chi connectivity index (χ3n) is 11.4. The molecule has 0 atom stereocenters. The third-order valence-corrected chi connectivity index (χ3v) is 11.4. The summed E-state index contributed by atoms with van der Waals surface area (Å²) < 4.78 is 25.3. The summed E-state index contributed by atoms with van der Waals surface area (Å²) in [5.41, 5.74) is 15.3. The zero-order valence-electron chi connectivity index (χ0n) is 45.8. The molecule has 8 aromatic carbocycles. The lowest BCUT2D eigenvalue weighted by Crippen LogP contribution is -2.34. The van der Waals surface area contributed by atoms with Gasteiger partial charge in [0.05, 0.1) is 19.8 Å². The van der Waals surface area contributed by atoms with Crippen LogP contribution >= 0.6 is 0 Å². The van der Waals surface area contributed by atoms with Crippen molar-refractivity contribution in [2.75, 3.05) is 14.2 Å². The predicted molar refractivity (Wildman–Crippen MR) is 306 cm³/mol. The molecule has 2 N–H and O–H groups in total. The number of carbonyl (C=O) groups excluding carboxylic acids is 3. The number of aryl methyl sites for hydroxylation is 8. The van der Waals surface area contributed by atoms with E-state index < -0.39 is 6.16 Å². The van der Waals surface area contributed by atoms with Crippen molar-refractivity contribution in [2.45, 2.75) is 88.3 Å². The van der Waals surface area contributed by atoms with Crippen LogP contribution in [0.1, 0.15) is 82.7 Å². The number of urea groups is 1. The molecular formula is C66H74N2O8. The molecule has 0 saturated carbocycles. The Morgan fingerprint density at radius 2 is 0.553 bits per heavy atom. The van der Waals surface area contributed by atoms with Crippen molar-refractivity contribution in [3.63, 3.8) is 0 Å². The number of rotatable bonds is 13. The largest absolute Gasteiger partial charge is 0.508 e. The van der Waals surface area contributed by atoms with Crippen LogP contribution in [0.3, 0.4) is 0 Å². The van der Waals surface area contributed by atoms with Gasteiger partial charge < -0.3 is 34.3 Å². The Kier molecular flexibility index (Phi) is 26.2. The second-order valence-corrected chi connectivity index (χ2v) is 18.3. The highest BCUT2D eigenvalue weighted by Gasteiger charge is 2.08. The summed E-state index contributed by atoms with van der Waals surface area (Å²) in [4.78, 5) is 35.0. The van der Waals surface area contributed by atoms with Crippen LogP contribution in [0.25, 0.3) is 0 Å². The second kappa shape index (κ2) is 33.2. The van der Waals surface area contributed by atoms with Crippen molar-refractivity contribution in [3.8, 4) is 11.5 Å². The fourth-order valence-electron chi connectivity index (χ4n) is 6.49. The molecule has 8 aromatic rings. The molecule has 0 aliphatic heterocycles. The van der Waals surface area contributed by atoms with Crippen molar-refractivity contribution >= 4 is 18.2 Å². The molecule has 8 rings (SSSR count). The van der Waals surface area contributed by atoms with Gasteiger partial charge in [-0.2, -0.15) is 0 Å². The Hall–Kier alpha value is -8.63. The number of esters is 1. The Morgan fingerprint density at radius 1 is 0.316 bits per heavy atom. The lowest BCUT2D eigenvalue weighted by Gasteiger charge is -2.08. The van der Waals surface area contributed by atoms with E-state index in [4.69, 9.17) is 23.7 Å². The molecule has 396 valence electrons. The van der Waals surface area contributed by atoms with Gasteiger partial charge in [-0.3, -0.25) is 0 Å². The van der Waals surface area contributed by atoms with Crippen molar-refractivity contribution in [1.29, 1.82) is 0 Å². The summed E-state index contributed by atoms with van der Waals surface area (Å²) in [6, 6.07) is 63.0. The van der Waals surface area contributed by atoms with E-state index in [0.29, 0.717) is 25.3 Å². The first-order chi connectivity index (χ1) is 36.6. The molecule has 2 amide bonds. The number of hydrogen-bond donors (Lipinski definition) is 2. The van der Waals surface area contributed by atoms with E-state index in [1.54, 1.807) is 26.4 Å². The summed E-state index contributed by atoms with van der Waals surface area (Å²) in [6.07, 6.45) is -0.647. The van der Waals surface area contributed by atoms with Crippen LogP contribution in [0.5, 0.6) is 11.5 Å². The Balaban J connectivity index is 0.000000213. The van der Waals surface area contributed by atoms with Gasteiger partial charge >= 0.3 is 18.2 Å². The van der Waals surface area contributed by atoms with Crippen LogP contribution < -0.4 is 20.1 Å². The third kappa shape index (κ3) is 24.9. The van der Waals surface area contributed by atoms with Crippen LogP contribution in [-0.2, 0) is 47.1 Å². The lowest BCUT2D eigenvalue weighted by molar-refractivity contribution is 0.0444. The second-order valence-electron chi connectivity index (χ2n) is 18.3. The molecule has 0 fully saturated rings. The van der Waals surface area contributed by atoms with Crippen LogP contribution in [0.15, 0.2) is 194 Å². The van der Waals surface area contributed by atoms with Crippen LogP contribution in [0.4, 0.5) is 9.59 Å². The molecular weight excluding hydrogens is 949 g/mol. The Morgan fingerprint density at radius 3 is 0.829 bits per heavy atom. The number of methoxy groups -OCH3 is 2. The molecule has 0 radical (unpaired) electrons. The van der Waals surface area contributed by atoms with Gasteiger partial charge in [0, 0.05) is 13.1 Å². The zero-order chi connectivity index (χ0) is 55.1. The summed E-state index contributed by atoms with van der Waals surface area (Å²) in [6.45, 7) is 18.1. The first-order valence-electron chi connectivity index (χ1n) is 25.1. The van der Waals surface area contributed by atoms with Crippen molar-refractivity contribution in [3.05, 3.63) is 272 Å². The fraction of sp³-hybridized carbons (Fsp3) is 0.227. The van der Waals surface area contributed by atoms with Gasteiger partial charge in [-0.1, -0.05) is 202 Å². The minimum Gasteiger partial charge on any atom is -0.497 e. The molecule has 0 unspecified atom stereocenters. The Labute approximate surface area is 451 Å². The van der Waals surface area contributed by atoms with Crippen molar-refractivity contribution in [2.24, 2.45) is 0 Å². The van der Waals surface area contributed by atoms with Gasteiger partial charge in [-0.15, -0.1) is 0 Å². The van der Waals surface area contributed by atoms with Crippen LogP contribution in [-0.4, -0.2) is 32.4 Å². The van der Waals surface area contributed by atoms with Gasteiger partial charge in [0.2, 0.25) is 0 Å². The molecule has 0 saturated heterocycles. The molecule has 0 aliphatic carbocycles. The zero-order valence-corrected chi connectivity index (χ0v) is 45.8. The van der Waals surface area contributed by atoms with Gasteiger partial charge in [0.15, 0.2) is 0 Å². The van der Waals surface area contributed by atoms with Crippen LogP contribution in [0, 0.1) is 55.4 Å². The van der Waals surface area contributed by atoms with Gasteiger partial charge in [0.25, 0.3) is 0 Å². The first kappa shape index (κ1) is 59.9. The minimum absolute atomic E-state index is 0.147. The number of hydrogen-bond acceptors (Lipinski definition) is 8. The summed E-state index contributed by atoms with van der Waals surface area (Å²) in [7, 11) is 3.34. The molecule has 76 heavy (non-hydrogen) atoms. The fourth-order valence-corrected chi connectivity index (χ4v) is 6.49. The molecule has 0 spiro atoms. The summed E-state index contributed by atoms with van der Waals surface area (Å²) in [5, 5.41) is 5.70. The molecule has 0 aromatic heterocycles. The van der Waals surface area contributed by atoms with Gasteiger partial charge in [-0.05, 0) is 120 Å². The molecule has 0 aliphatic rings. The van der Waals surface area contributed by atoms with Crippen LogP contribution in [0.2, 0.25) is 0 Å². The van der Waals surface area contributed by atoms with Crippen molar-refractivity contribution in [1.82, 2.24) is 10.6 Å². The predicted octanol–water partition coefficient (Wildman–Crippen LogP) is 15.1. The van der Waals surface area contributed by atoms with E-state index >= 15 is 0 Å². The number of ether oxygens (including phenoxy) is 5. The Bertz CT molecular complexity index is 2650. The van der Waals surface area contributed by atoms with Crippen molar-refractivity contribution < 1.29 is 38.1 Å². The van der Waals surface area contributed by atoms with Gasteiger partial charge in [0.1, 0.15) is 31.3 Å². The molecule has 10 heteroatoms. The van der Waals surface area contributed by atoms with Gasteiger partial charge in [-0.25, -0.2) is 14.4 Å².